The Morgan fingerprint density at radius 2 is 0.458 bits per heavy atom. The molecule has 12 aliphatic carbocycles. The van der Waals surface area contributed by atoms with Gasteiger partial charge in [0.2, 0.25) is 0 Å². The summed E-state index contributed by atoms with van der Waals surface area (Å²) in [6.07, 6.45) is 81.3. The summed E-state index contributed by atoms with van der Waals surface area (Å²) in [5.41, 5.74) is 0. The van der Waals surface area contributed by atoms with Crippen molar-refractivity contribution >= 4 is 0 Å². The molecule has 0 aromatic rings. The molecule has 0 N–H and O–H groups in total. The summed E-state index contributed by atoms with van der Waals surface area (Å²) in [5.74, 6) is 14.3. The minimum Gasteiger partial charge on any atom is -0.294 e. The monoisotopic (exact) mass is 985 g/mol. The van der Waals surface area contributed by atoms with Crippen molar-refractivity contribution in [3.8, 4) is 0 Å². The second-order valence-electron chi connectivity index (χ2n) is 29.7. The summed E-state index contributed by atoms with van der Waals surface area (Å²) < 4.78 is 0. The van der Waals surface area contributed by atoms with E-state index in [2.05, 4.69) is 34.1 Å². The first kappa shape index (κ1) is 52.1. The predicted octanol–water partition coefficient (Wildman–Crippen LogP) is 19.6. The molecule has 0 amide bonds. The van der Waals surface area contributed by atoms with E-state index in [-0.39, 0.29) is 0 Å². The van der Waals surface area contributed by atoms with E-state index >= 15 is 0 Å². The van der Waals surface area contributed by atoms with Gasteiger partial charge in [-0.3, -0.25) is 9.80 Å². The molecule has 0 saturated heterocycles. The maximum atomic E-state index is 3.37. The first-order valence-corrected chi connectivity index (χ1v) is 34.6. The quantitative estimate of drug-likeness (QED) is 0.180. The highest BCUT2D eigenvalue weighted by atomic mass is 15.2. The summed E-state index contributed by atoms with van der Waals surface area (Å²) >= 11 is 0. The van der Waals surface area contributed by atoms with Gasteiger partial charge in [-0.1, -0.05) is 140 Å². The van der Waals surface area contributed by atoms with Gasteiger partial charge in [0.1, 0.15) is 0 Å². The molecular formula is C70H116N2. The Balaban J connectivity index is 0.741. The normalized spacial score (nSPS) is 44.0. The zero-order chi connectivity index (χ0) is 48.1. The third kappa shape index (κ3) is 12.2. The Morgan fingerprint density at radius 3 is 0.806 bits per heavy atom. The van der Waals surface area contributed by atoms with Crippen LogP contribution in [0.4, 0.5) is 0 Å². The number of rotatable bonds is 12. The minimum absolute atomic E-state index is 0.861. The van der Waals surface area contributed by atoms with Crippen LogP contribution in [0.1, 0.15) is 295 Å². The number of allylic oxidation sites excluding steroid dienone is 4. The van der Waals surface area contributed by atoms with Crippen molar-refractivity contribution in [2.45, 2.75) is 332 Å². The molecule has 12 fully saturated rings. The van der Waals surface area contributed by atoms with Crippen molar-refractivity contribution in [2.24, 2.45) is 82.9 Å². The van der Waals surface area contributed by atoms with E-state index in [1.54, 1.807) is 116 Å². The zero-order valence-corrected chi connectivity index (χ0v) is 47.3. The third-order valence-corrected chi connectivity index (χ3v) is 26.0. The first-order chi connectivity index (χ1) is 35.7. The molecule has 2 nitrogen and oxygen atoms in total. The Hall–Kier alpha value is -0.600. The van der Waals surface area contributed by atoms with Gasteiger partial charge in [0.05, 0.1) is 0 Å². The molecule has 0 aromatic heterocycles. The molecule has 406 valence electrons. The molecule has 12 rings (SSSR count). The molecule has 0 radical (unpaired) electrons. The van der Waals surface area contributed by atoms with Gasteiger partial charge in [0, 0.05) is 36.3 Å². The first-order valence-electron chi connectivity index (χ1n) is 34.6. The molecule has 72 heavy (non-hydrogen) atoms. The van der Waals surface area contributed by atoms with Crippen LogP contribution in [0.15, 0.2) is 24.3 Å². The number of hydrogen-bond acceptors (Lipinski definition) is 2. The van der Waals surface area contributed by atoms with Crippen LogP contribution in [0.5, 0.6) is 0 Å². The smallest absolute Gasteiger partial charge is 0.0102 e. The molecule has 12 aliphatic rings. The largest absolute Gasteiger partial charge is 0.294 e. The van der Waals surface area contributed by atoms with E-state index in [1.165, 1.54) is 180 Å². The summed E-state index contributed by atoms with van der Waals surface area (Å²) in [5, 5.41) is 0. The molecule has 0 aromatic carbocycles. The summed E-state index contributed by atoms with van der Waals surface area (Å²) in [6, 6.07) is 5.37. The number of fused-ring (bicyclic) bond motifs is 3. The molecule has 0 heterocycles. The Bertz CT molecular complexity index is 1570. The molecular weight excluding hydrogens is 869 g/mol. The van der Waals surface area contributed by atoms with E-state index < -0.39 is 0 Å². The second kappa shape index (κ2) is 25.5. The van der Waals surface area contributed by atoms with Crippen LogP contribution in [-0.2, 0) is 0 Å². The van der Waals surface area contributed by atoms with Crippen molar-refractivity contribution in [3.63, 3.8) is 0 Å². The average Bonchev–Trinajstić information content (AvgIpc) is 3.45. The second-order valence-corrected chi connectivity index (χ2v) is 29.7. The van der Waals surface area contributed by atoms with Gasteiger partial charge < -0.3 is 0 Å². The Morgan fingerprint density at radius 1 is 0.194 bits per heavy atom. The molecule has 2 heteroatoms. The van der Waals surface area contributed by atoms with Crippen LogP contribution in [0, 0.1) is 82.9 Å². The standard InChI is InChI=1S/C70H116N2/c1-5-17-51(18-6-1)29-31-53-33-41-61(42-34-53)72(62-43-35-54(36-44-62)32-30-52-19-7-2-8-20-52)64-47-39-56(40-48-64)70-66-28-16-15-27-65(66)69(67-49-57-21-13-14-22-58(57)50-68(67)70)55-37-45-63(46-38-55)71(59-23-9-3-10-24-59)60-25-11-4-12-26-60/h29-32,51-70H,1-28,33-50H2. The fourth-order valence-corrected chi connectivity index (χ4v) is 22.6. The van der Waals surface area contributed by atoms with Gasteiger partial charge in [-0.25, -0.2) is 0 Å². The lowest BCUT2D eigenvalue weighted by molar-refractivity contribution is -0.138. The Kier molecular flexibility index (Phi) is 18.4. The predicted molar refractivity (Wildman–Crippen MR) is 306 cm³/mol. The van der Waals surface area contributed by atoms with E-state index in [1.807, 2.05) is 0 Å². The molecule has 8 atom stereocenters. The minimum atomic E-state index is 0.861. The summed E-state index contributed by atoms with van der Waals surface area (Å²) in [6.45, 7) is 0. The number of nitrogens with zero attached hydrogens (tertiary/aromatic N) is 2. The van der Waals surface area contributed by atoms with Gasteiger partial charge in [-0.05, 0) is 263 Å². The fourth-order valence-electron chi connectivity index (χ4n) is 22.6. The maximum Gasteiger partial charge on any atom is 0.0102 e. The number of hydrogen-bond donors (Lipinski definition) is 0. The lowest BCUT2D eigenvalue weighted by atomic mass is 9.43. The van der Waals surface area contributed by atoms with Crippen molar-refractivity contribution in [3.05, 3.63) is 24.3 Å². The molecule has 0 bridgehead atoms. The highest BCUT2D eigenvalue weighted by Crippen LogP contribution is 2.65. The van der Waals surface area contributed by atoms with Crippen molar-refractivity contribution in [1.29, 1.82) is 0 Å². The molecule has 0 spiro atoms. The van der Waals surface area contributed by atoms with E-state index in [0.717, 1.165) is 119 Å². The van der Waals surface area contributed by atoms with Gasteiger partial charge in [0.25, 0.3) is 0 Å². The van der Waals surface area contributed by atoms with Gasteiger partial charge in [-0.15, -0.1) is 0 Å². The van der Waals surface area contributed by atoms with Crippen LogP contribution < -0.4 is 0 Å². The van der Waals surface area contributed by atoms with E-state index in [4.69, 9.17) is 0 Å². The average molecular weight is 986 g/mol. The van der Waals surface area contributed by atoms with Crippen molar-refractivity contribution < 1.29 is 0 Å². The van der Waals surface area contributed by atoms with Crippen LogP contribution in [0.3, 0.4) is 0 Å². The maximum absolute atomic E-state index is 3.37. The van der Waals surface area contributed by atoms with Gasteiger partial charge in [-0.2, -0.15) is 0 Å². The summed E-state index contributed by atoms with van der Waals surface area (Å²) in [4.78, 5) is 6.67. The third-order valence-electron chi connectivity index (χ3n) is 26.0. The van der Waals surface area contributed by atoms with Crippen LogP contribution in [0.25, 0.3) is 0 Å². The Labute approximate surface area is 446 Å². The van der Waals surface area contributed by atoms with E-state index in [0.29, 0.717) is 0 Å². The highest BCUT2D eigenvalue weighted by molar-refractivity contribution is 5.08. The van der Waals surface area contributed by atoms with Crippen molar-refractivity contribution in [1.82, 2.24) is 9.80 Å². The molecule has 12 saturated carbocycles. The lowest BCUT2D eigenvalue weighted by Crippen LogP contribution is -2.57. The van der Waals surface area contributed by atoms with Gasteiger partial charge in [0.15, 0.2) is 0 Å². The summed E-state index contributed by atoms with van der Waals surface area (Å²) in [7, 11) is 0. The van der Waals surface area contributed by atoms with E-state index in [9.17, 15) is 0 Å². The lowest BCUT2D eigenvalue weighted by Gasteiger charge is -2.63. The fraction of sp³-hybridized carbons (Fsp3) is 0.943. The van der Waals surface area contributed by atoms with Crippen molar-refractivity contribution in [2.75, 3.05) is 0 Å². The highest BCUT2D eigenvalue weighted by Gasteiger charge is 2.58. The molecule has 0 aliphatic heterocycles. The SMILES string of the molecule is C(=CC1CCC(N(C2CCC(C=CC3CCCCC3)CC2)C2CCC(C3C4CCCCC4C(C4CCC(N(C5CCCCC5)C5CCCCC5)CC4)C4CC5CCCCC5CC43)CC2)CC1)C1CCCCC1. The van der Waals surface area contributed by atoms with Crippen LogP contribution in [-0.4, -0.2) is 46.1 Å². The zero-order valence-electron chi connectivity index (χ0n) is 47.3. The topological polar surface area (TPSA) is 6.48 Å². The van der Waals surface area contributed by atoms with Crippen LogP contribution in [0.2, 0.25) is 0 Å². The molecule has 8 unspecified atom stereocenters. The van der Waals surface area contributed by atoms with Gasteiger partial charge >= 0.3 is 0 Å². The van der Waals surface area contributed by atoms with Crippen LogP contribution >= 0.6 is 0 Å².